The third-order valence-corrected chi connectivity index (χ3v) is 2.11. The minimum Gasteiger partial charge on any atom is -0.370 e. The zero-order chi connectivity index (χ0) is 10.3. The lowest BCUT2D eigenvalue weighted by Gasteiger charge is -2.01. The predicted octanol–water partition coefficient (Wildman–Crippen LogP) is -1.87. The summed E-state index contributed by atoms with van der Waals surface area (Å²) in [5, 5.41) is 7.59. The maximum absolute atomic E-state index is 10.4. The van der Waals surface area contributed by atoms with Gasteiger partial charge in [0.1, 0.15) is 0 Å². The van der Waals surface area contributed by atoms with Gasteiger partial charge < -0.3 is 11.1 Å². The summed E-state index contributed by atoms with van der Waals surface area (Å²) in [5.74, 6) is -0.447. The molecule has 0 heterocycles. The summed E-state index contributed by atoms with van der Waals surface area (Å²) >= 11 is 0. The normalized spacial score (nSPS) is 11.5. The van der Waals surface area contributed by atoms with Crippen molar-refractivity contribution < 1.29 is 13.2 Å². The zero-order valence-electron chi connectivity index (χ0n) is 7.32. The van der Waals surface area contributed by atoms with Crippen LogP contribution in [0.1, 0.15) is 12.8 Å². The largest absolute Gasteiger partial charge is 0.370 e. The van der Waals surface area contributed by atoms with Crippen LogP contribution in [-0.4, -0.2) is 33.2 Å². The number of hydrogen-bond donors (Lipinski definition) is 3. The lowest BCUT2D eigenvalue weighted by molar-refractivity contribution is -0.118. The van der Waals surface area contributed by atoms with Crippen LogP contribution in [0.2, 0.25) is 0 Å². The van der Waals surface area contributed by atoms with Crippen molar-refractivity contribution >= 4 is 15.9 Å². The van der Waals surface area contributed by atoms with Gasteiger partial charge in [0.15, 0.2) is 0 Å². The zero-order valence-corrected chi connectivity index (χ0v) is 8.14. The SMILES string of the molecule is NC(=O)CCCNCCS(N)(=O)=O. The van der Waals surface area contributed by atoms with E-state index in [9.17, 15) is 13.2 Å². The van der Waals surface area contributed by atoms with E-state index in [1.807, 2.05) is 0 Å². The van der Waals surface area contributed by atoms with Gasteiger partial charge >= 0.3 is 0 Å². The van der Waals surface area contributed by atoms with Gasteiger partial charge in [-0.3, -0.25) is 4.79 Å². The molecule has 0 unspecified atom stereocenters. The maximum Gasteiger partial charge on any atom is 0.217 e. The fourth-order valence-electron chi connectivity index (χ4n) is 0.727. The van der Waals surface area contributed by atoms with Crippen molar-refractivity contribution in [3.05, 3.63) is 0 Å². The molecule has 0 aromatic rings. The molecule has 0 radical (unpaired) electrons. The monoisotopic (exact) mass is 209 g/mol. The Hall–Kier alpha value is -0.660. The summed E-state index contributed by atoms with van der Waals surface area (Å²) in [4.78, 5) is 10.3. The van der Waals surface area contributed by atoms with E-state index in [-0.39, 0.29) is 11.7 Å². The van der Waals surface area contributed by atoms with Gasteiger partial charge in [-0.25, -0.2) is 13.6 Å². The molecule has 0 fully saturated rings. The van der Waals surface area contributed by atoms with E-state index in [0.717, 1.165) is 0 Å². The smallest absolute Gasteiger partial charge is 0.217 e. The minimum atomic E-state index is -3.38. The highest BCUT2D eigenvalue weighted by atomic mass is 32.2. The third-order valence-electron chi connectivity index (χ3n) is 1.34. The molecule has 0 saturated carbocycles. The molecular weight excluding hydrogens is 194 g/mol. The minimum absolute atomic E-state index is 0.0937. The van der Waals surface area contributed by atoms with Gasteiger partial charge in [0.2, 0.25) is 15.9 Å². The maximum atomic E-state index is 10.4. The molecule has 7 heteroatoms. The topological polar surface area (TPSA) is 115 Å². The number of carbonyl (C=O) groups excluding carboxylic acids is 1. The number of rotatable bonds is 7. The molecule has 0 saturated heterocycles. The second kappa shape index (κ2) is 5.90. The molecule has 0 aliphatic carbocycles. The predicted molar refractivity (Wildman–Crippen MR) is 49.3 cm³/mol. The number of nitrogens with two attached hydrogens (primary N) is 2. The molecule has 0 aliphatic rings. The lowest BCUT2D eigenvalue weighted by Crippen LogP contribution is -2.28. The number of carbonyl (C=O) groups is 1. The van der Waals surface area contributed by atoms with E-state index in [1.54, 1.807) is 0 Å². The van der Waals surface area contributed by atoms with Gasteiger partial charge in [0, 0.05) is 13.0 Å². The fourth-order valence-corrected chi connectivity index (χ4v) is 1.16. The molecule has 0 aromatic heterocycles. The van der Waals surface area contributed by atoms with Crippen LogP contribution < -0.4 is 16.2 Å². The van der Waals surface area contributed by atoms with Crippen molar-refractivity contribution in [2.24, 2.45) is 10.9 Å². The molecule has 78 valence electrons. The molecule has 5 N–H and O–H groups in total. The molecule has 0 atom stereocenters. The summed E-state index contributed by atoms with van der Waals surface area (Å²) < 4.78 is 20.9. The van der Waals surface area contributed by atoms with Crippen LogP contribution >= 0.6 is 0 Å². The van der Waals surface area contributed by atoms with Gasteiger partial charge in [-0.05, 0) is 13.0 Å². The van der Waals surface area contributed by atoms with Gasteiger partial charge in [-0.15, -0.1) is 0 Å². The molecule has 6 nitrogen and oxygen atoms in total. The van der Waals surface area contributed by atoms with Crippen LogP contribution in [0.15, 0.2) is 0 Å². The van der Waals surface area contributed by atoms with Crippen molar-refractivity contribution in [1.29, 1.82) is 0 Å². The Bertz CT molecular complexity index is 250. The molecule has 0 spiro atoms. The highest BCUT2D eigenvalue weighted by Crippen LogP contribution is 1.84. The summed E-state index contributed by atoms with van der Waals surface area (Å²) in [6.45, 7) is 0.871. The Balaban J connectivity index is 3.23. The van der Waals surface area contributed by atoms with E-state index >= 15 is 0 Å². The van der Waals surface area contributed by atoms with E-state index in [1.165, 1.54) is 0 Å². The third kappa shape index (κ3) is 11.3. The Morgan fingerprint density at radius 3 is 2.38 bits per heavy atom. The number of hydrogen-bond acceptors (Lipinski definition) is 4. The quantitative estimate of drug-likeness (QED) is 0.426. The van der Waals surface area contributed by atoms with Crippen LogP contribution in [0.3, 0.4) is 0 Å². The van der Waals surface area contributed by atoms with Crippen molar-refractivity contribution in [3.63, 3.8) is 0 Å². The summed E-state index contributed by atoms with van der Waals surface area (Å²) in [6.07, 6.45) is 0.919. The highest BCUT2D eigenvalue weighted by molar-refractivity contribution is 7.89. The first-order valence-corrected chi connectivity index (χ1v) is 5.63. The molecule has 0 rings (SSSR count). The molecular formula is C6H15N3O3S. The number of primary sulfonamides is 1. The van der Waals surface area contributed by atoms with Crippen LogP contribution in [0, 0.1) is 0 Å². The second-order valence-electron chi connectivity index (χ2n) is 2.69. The summed E-state index contributed by atoms with van der Waals surface area (Å²) in [5.41, 5.74) is 4.89. The lowest BCUT2D eigenvalue weighted by atomic mass is 10.3. The number of sulfonamides is 1. The Morgan fingerprint density at radius 2 is 1.92 bits per heavy atom. The second-order valence-corrected chi connectivity index (χ2v) is 4.42. The van der Waals surface area contributed by atoms with Crippen molar-refractivity contribution in [1.82, 2.24) is 5.32 Å². The average molecular weight is 209 g/mol. The first-order chi connectivity index (χ1) is 5.92. The van der Waals surface area contributed by atoms with Crippen molar-refractivity contribution in [2.45, 2.75) is 12.8 Å². The molecule has 0 aromatic carbocycles. The fraction of sp³-hybridized carbons (Fsp3) is 0.833. The first kappa shape index (κ1) is 12.3. The first-order valence-electron chi connectivity index (χ1n) is 3.91. The Labute approximate surface area is 77.7 Å². The summed E-state index contributed by atoms with van der Waals surface area (Å²) in [6, 6.07) is 0. The van der Waals surface area contributed by atoms with E-state index < -0.39 is 10.0 Å². The number of nitrogens with one attached hydrogen (secondary N) is 1. The highest BCUT2D eigenvalue weighted by Gasteiger charge is 2.00. The molecule has 0 bridgehead atoms. The van der Waals surface area contributed by atoms with E-state index in [4.69, 9.17) is 10.9 Å². The summed E-state index contributed by atoms with van der Waals surface area (Å²) in [7, 11) is -3.38. The van der Waals surface area contributed by atoms with Gasteiger partial charge in [-0.2, -0.15) is 0 Å². The van der Waals surface area contributed by atoms with Gasteiger partial charge in [-0.1, -0.05) is 0 Å². The van der Waals surface area contributed by atoms with Crippen LogP contribution in [-0.2, 0) is 14.8 Å². The average Bonchev–Trinajstić information content (AvgIpc) is 1.93. The Kier molecular flexibility index (Phi) is 5.60. The van der Waals surface area contributed by atoms with Gasteiger partial charge in [0.25, 0.3) is 0 Å². The van der Waals surface area contributed by atoms with Crippen LogP contribution in [0.5, 0.6) is 0 Å². The van der Waals surface area contributed by atoms with E-state index in [2.05, 4.69) is 5.32 Å². The standard InChI is InChI=1S/C6H15N3O3S/c7-6(10)2-1-3-9-4-5-13(8,11)12/h9H,1-5H2,(H2,7,10)(H2,8,11,12). The molecule has 1 amide bonds. The number of amides is 1. The van der Waals surface area contributed by atoms with Gasteiger partial charge in [0.05, 0.1) is 5.75 Å². The van der Waals surface area contributed by atoms with Crippen molar-refractivity contribution in [2.75, 3.05) is 18.8 Å². The Morgan fingerprint density at radius 1 is 1.31 bits per heavy atom. The molecule has 13 heavy (non-hydrogen) atoms. The van der Waals surface area contributed by atoms with Crippen molar-refractivity contribution in [3.8, 4) is 0 Å². The van der Waals surface area contributed by atoms with Crippen LogP contribution in [0.4, 0.5) is 0 Å². The van der Waals surface area contributed by atoms with Crippen LogP contribution in [0.25, 0.3) is 0 Å². The van der Waals surface area contributed by atoms with E-state index in [0.29, 0.717) is 25.9 Å². The number of primary amides is 1. The molecule has 0 aliphatic heterocycles.